The summed E-state index contributed by atoms with van der Waals surface area (Å²) < 4.78 is 31.9. The van der Waals surface area contributed by atoms with Crippen LogP contribution in [0.15, 0.2) is 66.7 Å². The third-order valence-electron chi connectivity index (χ3n) is 3.89. The molecule has 4 rings (SSSR count). The zero-order valence-corrected chi connectivity index (χ0v) is 13.2. The highest BCUT2D eigenvalue weighted by atomic mass is 19.2. The minimum absolute atomic E-state index is 0.154. The number of H-pyrrole nitrogens is 1. The van der Waals surface area contributed by atoms with Gasteiger partial charge in [0.25, 0.3) is 0 Å². The van der Waals surface area contributed by atoms with Crippen LogP contribution in [0.25, 0.3) is 22.4 Å². The first kappa shape index (κ1) is 15.3. The van der Waals surface area contributed by atoms with Crippen LogP contribution in [0.5, 0.6) is 5.75 Å². The van der Waals surface area contributed by atoms with E-state index in [-0.39, 0.29) is 6.61 Å². The second-order valence-electron chi connectivity index (χ2n) is 5.67. The summed E-state index contributed by atoms with van der Waals surface area (Å²) in [4.78, 5) is 7.83. The lowest BCUT2D eigenvalue weighted by Gasteiger charge is -2.08. The van der Waals surface area contributed by atoms with E-state index in [4.69, 9.17) is 4.74 Å². The lowest BCUT2D eigenvalue weighted by atomic mass is 10.2. The van der Waals surface area contributed by atoms with Crippen LogP contribution in [0.4, 0.5) is 8.78 Å². The Bertz CT molecular complexity index is 1010. The lowest BCUT2D eigenvalue weighted by molar-refractivity contribution is 0.305. The summed E-state index contributed by atoms with van der Waals surface area (Å²) in [6.07, 6.45) is 0. The van der Waals surface area contributed by atoms with Gasteiger partial charge in [-0.2, -0.15) is 0 Å². The van der Waals surface area contributed by atoms with Crippen molar-refractivity contribution < 1.29 is 13.5 Å². The van der Waals surface area contributed by atoms with Crippen LogP contribution in [0, 0.1) is 11.6 Å². The standard InChI is InChI=1S/C20H14F2N2O/c21-16-9-8-13(10-17(16)22)12-25-15-5-3-4-14(11-15)20-23-18-6-1-2-7-19(18)24-20/h1-11H,12H2,(H,23,24). The average Bonchev–Trinajstić information content (AvgIpc) is 3.07. The van der Waals surface area contributed by atoms with Crippen molar-refractivity contribution in [2.24, 2.45) is 0 Å². The Kier molecular flexibility index (Phi) is 3.90. The number of aromatic amines is 1. The normalized spacial score (nSPS) is 11.0. The van der Waals surface area contributed by atoms with Gasteiger partial charge >= 0.3 is 0 Å². The van der Waals surface area contributed by atoms with Crippen molar-refractivity contribution in [3.8, 4) is 17.1 Å². The van der Waals surface area contributed by atoms with Gasteiger partial charge in [0.05, 0.1) is 11.0 Å². The SMILES string of the molecule is Fc1ccc(COc2cccc(-c3nc4ccccc4[nH]3)c2)cc1F. The first-order chi connectivity index (χ1) is 12.2. The van der Waals surface area contributed by atoms with Gasteiger partial charge in [-0.1, -0.05) is 30.3 Å². The van der Waals surface area contributed by atoms with E-state index >= 15 is 0 Å². The number of para-hydroxylation sites is 2. The molecule has 3 nitrogen and oxygen atoms in total. The molecule has 0 fully saturated rings. The van der Waals surface area contributed by atoms with Crippen molar-refractivity contribution >= 4 is 11.0 Å². The number of nitrogens with zero attached hydrogens (tertiary/aromatic N) is 1. The van der Waals surface area contributed by atoms with Crippen molar-refractivity contribution in [1.29, 1.82) is 0 Å². The van der Waals surface area contributed by atoms with Crippen LogP contribution >= 0.6 is 0 Å². The molecule has 1 N–H and O–H groups in total. The number of halogens is 2. The number of imidazole rings is 1. The van der Waals surface area contributed by atoms with Crippen LogP contribution in [0.1, 0.15) is 5.56 Å². The summed E-state index contributed by atoms with van der Waals surface area (Å²) in [6, 6.07) is 19.0. The highest BCUT2D eigenvalue weighted by Crippen LogP contribution is 2.24. The highest BCUT2D eigenvalue weighted by molar-refractivity contribution is 5.79. The molecule has 3 aromatic carbocycles. The Morgan fingerprint density at radius 1 is 0.880 bits per heavy atom. The van der Waals surface area contributed by atoms with E-state index in [0.29, 0.717) is 11.3 Å². The second-order valence-corrected chi connectivity index (χ2v) is 5.67. The predicted octanol–water partition coefficient (Wildman–Crippen LogP) is 5.09. The van der Waals surface area contributed by atoms with Crippen LogP contribution in [0.2, 0.25) is 0 Å². The van der Waals surface area contributed by atoms with Crippen molar-refractivity contribution in [2.45, 2.75) is 6.61 Å². The Hall–Kier alpha value is -3.21. The van der Waals surface area contributed by atoms with Gasteiger partial charge in [-0.3, -0.25) is 0 Å². The number of benzene rings is 3. The maximum Gasteiger partial charge on any atom is 0.159 e. The van der Waals surface area contributed by atoms with E-state index in [0.717, 1.165) is 34.6 Å². The average molecular weight is 336 g/mol. The number of nitrogens with one attached hydrogen (secondary N) is 1. The Morgan fingerprint density at radius 2 is 1.76 bits per heavy atom. The zero-order valence-electron chi connectivity index (χ0n) is 13.2. The highest BCUT2D eigenvalue weighted by Gasteiger charge is 2.07. The molecule has 0 unspecified atom stereocenters. The Labute approximate surface area is 142 Å². The van der Waals surface area contributed by atoms with Gasteiger partial charge in [-0.05, 0) is 42.0 Å². The number of hydrogen-bond donors (Lipinski definition) is 1. The van der Waals surface area contributed by atoms with Crippen molar-refractivity contribution in [1.82, 2.24) is 9.97 Å². The minimum Gasteiger partial charge on any atom is -0.489 e. The number of ether oxygens (including phenoxy) is 1. The van der Waals surface area contributed by atoms with Gasteiger partial charge in [0, 0.05) is 5.56 Å². The monoisotopic (exact) mass is 336 g/mol. The molecule has 0 aliphatic heterocycles. The maximum atomic E-state index is 13.2. The third kappa shape index (κ3) is 3.21. The molecule has 0 aliphatic rings. The second kappa shape index (κ2) is 6.36. The third-order valence-corrected chi connectivity index (χ3v) is 3.89. The molecule has 0 saturated heterocycles. The van der Waals surface area contributed by atoms with Crippen LogP contribution in [-0.2, 0) is 6.61 Å². The lowest BCUT2D eigenvalue weighted by Crippen LogP contribution is -1.97. The molecule has 1 heterocycles. The van der Waals surface area contributed by atoms with E-state index in [2.05, 4.69) is 9.97 Å². The summed E-state index contributed by atoms with van der Waals surface area (Å²) in [5, 5.41) is 0. The van der Waals surface area contributed by atoms with Gasteiger partial charge in [0.1, 0.15) is 18.2 Å². The first-order valence-electron chi connectivity index (χ1n) is 7.81. The van der Waals surface area contributed by atoms with Crippen LogP contribution < -0.4 is 4.74 Å². The fraction of sp³-hybridized carbons (Fsp3) is 0.0500. The summed E-state index contributed by atoms with van der Waals surface area (Å²) in [5.74, 6) is -0.366. The van der Waals surface area contributed by atoms with E-state index in [1.165, 1.54) is 6.07 Å². The van der Waals surface area contributed by atoms with Gasteiger partial charge in [-0.15, -0.1) is 0 Å². The molecule has 0 radical (unpaired) electrons. The molecule has 0 bridgehead atoms. The fourth-order valence-electron chi connectivity index (χ4n) is 2.62. The molecular formula is C20H14F2N2O. The number of hydrogen-bond acceptors (Lipinski definition) is 2. The topological polar surface area (TPSA) is 37.9 Å². The summed E-state index contributed by atoms with van der Waals surface area (Å²) >= 11 is 0. The van der Waals surface area contributed by atoms with Crippen LogP contribution in [0.3, 0.4) is 0 Å². The quantitative estimate of drug-likeness (QED) is 0.564. The Balaban J connectivity index is 1.55. The largest absolute Gasteiger partial charge is 0.489 e. The van der Waals surface area contributed by atoms with Gasteiger partial charge in [-0.25, -0.2) is 13.8 Å². The van der Waals surface area contributed by atoms with E-state index < -0.39 is 11.6 Å². The molecule has 0 atom stereocenters. The molecule has 0 amide bonds. The molecule has 25 heavy (non-hydrogen) atoms. The van der Waals surface area contributed by atoms with E-state index in [9.17, 15) is 8.78 Å². The number of rotatable bonds is 4. The smallest absolute Gasteiger partial charge is 0.159 e. The minimum atomic E-state index is -0.878. The zero-order chi connectivity index (χ0) is 17.2. The summed E-state index contributed by atoms with van der Waals surface area (Å²) in [5.41, 5.74) is 3.31. The number of aromatic nitrogens is 2. The van der Waals surface area contributed by atoms with Crippen molar-refractivity contribution in [2.75, 3.05) is 0 Å². The summed E-state index contributed by atoms with van der Waals surface area (Å²) in [6.45, 7) is 0.154. The van der Waals surface area contributed by atoms with Gasteiger partial charge in [0.15, 0.2) is 11.6 Å². The number of fused-ring (bicyclic) bond motifs is 1. The molecule has 0 spiro atoms. The molecule has 0 aliphatic carbocycles. The molecular weight excluding hydrogens is 322 g/mol. The fourth-order valence-corrected chi connectivity index (χ4v) is 2.62. The molecule has 1 aromatic heterocycles. The Morgan fingerprint density at radius 3 is 2.60 bits per heavy atom. The van der Waals surface area contributed by atoms with Gasteiger partial charge < -0.3 is 9.72 Å². The van der Waals surface area contributed by atoms with Gasteiger partial charge in [0.2, 0.25) is 0 Å². The first-order valence-corrected chi connectivity index (χ1v) is 7.81. The molecule has 0 saturated carbocycles. The van der Waals surface area contributed by atoms with E-state index in [1.807, 2.05) is 48.5 Å². The molecule has 4 aromatic rings. The van der Waals surface area contributed by atoms with Crippen LogP contribution in [-0.4, -0.2) is 9.97 Å². The predicted molar refractivity (Wildman–Crippen MR) is 92.2 cm³/mol. The molecule has 5 heteroatoms. The maximum absolute atomic E-state index is 13.2. The molecule has 124 valence electrons. The van der Waals surface area contributed by atoms with Crippen molar-refractivity contribution in [3.05, 3.63) is 83.9 Å². The van der Waals surface area contributed by atoms with E-state index in [1.54, 1.807) is 0 Å². The van der Waals surface area contributed by atoms with Crippen molar-refractivity contribution in [3.63, 3.8) is 0 Å². The summed E-state index contributed by atoms with van der Waals surface area (Å²) in [7, 11) is 0.